The van der Waals surface area contributed by atoms with Crippen LogP contribution in [0.2, 0.25) is 0 Å². The summed E-state index contributed by atoms with van der Waals surface area (Å²) in [7, 11) is 0. The fourth-order valence-electron chi connectivity index (χ4n) is 2.66. The third-order valence-corrected chi connectivity index (χ3v) is 3.81. The van der Waals surface area contributed by atoms with Gasteiger partial charge in [0.15, 0.2) is 0 Å². The van der Waals surface area contributed by atoms with Crippen LogP contribution in [0.4, 0.5) is 11.6 Å². The minimum absolute atomic E-state index is 0.170. The maximum Gasteiger partial charge on any atom is 0.131 e. The normalized spacial score (nSPS) is 22.6. The number of hydrogen-bond acceptors (Lipinski definition) is 5. The predicted molar refractivity (Wildman–Crippen MR) is 82.0 cm³/mol. The van der Waals surface area contributed by atoms with E-state index in [9.17, 15) is 5.11 Å². The Labute approximate surface area is 121 Å². The standard InChI is InChI=1S/C15H26N4O/c1-3-8-16-14-9-15(19-11(2)18-14)17-10-12-6-4-5-7-13(12)20/h9,12-13,20H,3-8,10H2,1-2H3,(H2,16,17,18,19). The van der Waals surface area contributed by atoms with Crippen molar-refractivity contribution in [3.63, 3.8) is 0 Å². The Morgan fingerprint density at radius 2 is 1.90 bits per heavy atom. The number of anilines is 2. The van der Waals surface area contributed by atoms with Crippen molar-refractivity contribution in [2.45, 2.75) is 52.1 Å². The van der Waals surface area contributed by atoms with Gasteiger partial charge in [0.25, 0.3) is 0 Å². The lowest BCUT2D eigenvalue weighted by Gasteiger charge is -2.27. The summed E-state index contributed by atoms with van der Waals surface area (Å²) < 4.78 is 0. The minimum atomic E-state index is -0.170. The van der Waals surface area contributed by atoms with Crippen LogP contribution in [0.1, 0.15) is 44.9 Å². The monoisotopic (exact) mass is 278 g/mol. The number of rotatable bonds is 6. The summed E-state index contributed by atoms with van der Waals surface area (Å²) in [5.41, 5.74) is 0. The average Bonchev–Trinajstić information content (AvgIpc) is 2.44. The van der Waals surface area contributed by atoms with E-state index in [0.717, 1.165) is 56.2 Å². The lowest BCUT2D eigenvalue weighted by Crippen LogP contribution is -2.30. The van der Waals surface area contributed by atoms with E-state index in [2.05, 4.69) is 27.5 Å². The number of aryl methyl sites for hydroxylation is 1. The van der Waals surface area contributed by atoms with E-state index in [1.54, 1.807) is 0 Å². The Balaban J connectivity index is 1.92. The zero-order valence-electron chi connectivity index (χ0n) is 12.5. The molecule has 1 heterocycles. The fraction of sp³-hybridized carbons (Fsp3) is 0.733. The molecule has 0 aromatic carbocycles. The molecule has 2 unspecified atom stereocenters. The fourth-order valence-corrected chi connectivity index (χ4v) is 2.66. The van der Waals surface area contributed by atoms with Crippen molar-refractivity contribution in [3.05, 3.63) is 11.9 Å². The first kappa shape index (κ1) is 15.0. The van der Waals surface area contributed by atoms with E-state index in [0.29, 0.717) is 5.92 Å². The molecule has 1 fully saturated rings. The van der Waals surface area contributed by atoms with Gasteiger partial charge in [-0.25, -0.2) is 9.97 Å². The van der Waals surface area contributed by atoms with Gasteiger partial charge in [0.05, 0.1) is 6.10 Å². The topological polar surface area (TPSA) is 70.1 Å². The SMILES string of the molecule is CCCNc1cc(NCC2CCCCC2O)nc(C)n1. The second kappa shape index (κ2) is 7.43. The molecule has 5 nitrogen and oxygen atoms in total. The van der Waals surface area contributed by atoms with Crippen LogP contribution >= 0.6 is 0 Å². The number of nitrogens with zero attached hydrogens (tertiary/aromatic N) is 2. The Bertz CT molecular complexity index is 424. The number of aliphatic hydroxyl groups is 1. The number of hydrogen-bond donors (Lipinski definition) is 3. The summed E-state index contributed by atoms with van der Waals surface area (Å²) in [6, 6.07) is 1.94. The molecule has 0 bridgehead atoms. The molecule has 1 aliphatic carbocycles. The first-order chi connectivity index (χ1) is 9.69. The molecular formula is C15H26N4O. The Morgan fingerprint density at radius 3 is 2.60 bits per heavy atom. The van der Waals surface area contributed by atoms with Crippen LogP contribution in [0, 0.1) is 12.8 Å². The van der Waals surface area contributed by atoms with E-state index >= 15 is 0 Å². The van der Waals surface area contributed by atoms with Crippen molar-refractivity contribution in [2.75, 3.05) is 23.7 Å². The van der Waals surface area contributed by atoms with Crippen LogP contribution in [-0.4, -0.2) is 34.3 Å². The second-order valence-electron chi connectivity index (χ2n) is 5.61. The molecule has 2 atom stereocenters. The van der Waals surface area contributed by atoms with Gasteiger partial charge in [-0.15, -0.1) is 0 Å². The van der Waals surface area contributed by atoms with E-state index in [1.807, 2.05) is 13.0 Å². The van der Waals surface area contributed by atoms with Gasteiger partial charge in [0, 0.05) is 25.1 Å². The third-order valence-electron chi connectivity index (χ3n) is 3.81. The van der Waals surface area contributed by atoms with Gasteiger partial charge in [-0.3, -0.25) is 0 Å². The highest BCUT2D eigenvalue weighted by molar-refractivity contribution is 5.47. The zero-order valence-corrected chi connectivity index (χ0v) is 12.5. The molecule has 0 radical (unpaired) electrons. The van der Waals surface area contributed by atoms with Crippen molar-refractivity contribution in [1.29, 1.82) is 0 Å². The molecule has 1 aliphatic rings. The van der Waals surface area contributed by atoms with Crippen molar-refractivity contribution in [3.8, 4) is 0 Å². The summed E-state index contributed by atoms with van der Waals surface area (Å²) in [4.78, 5) is 8.78. The lowest BCUT2D eigenvalue weighted by molar-refractivity contribution is 0.0763. The molecule has 5 heteroatoms. The molecule has 112 valence electrons. The lowest BCUT2D eigenvalue weighted by atomic mass is 9.86. The average molecular weight is 278 g/mol. The van der Waals surface area contributed by atoms with Gasteiger partial charge in [-0.05, 0) is 26.2 Å². The number of aliphatic hydroxyl groups excluding tert-OH is 1. The van der Waals surface area contributed by atoms with Crippen molar-refractivity contribution >= 4 is 11.6 Å². The minimum Gasteiger partial charge on any atom is -0.393 e. The quantitative estimate of drug-likeness (QED) is 0.746. The van der Waals surface area contributed by atoms with Crippen LogP contribution in [0.3, 0.4) is 0 Å². The number of nitrogens with one attached hydrogen (secondary N) is 2. The summed E-state index contributed by atoms with van der Waals surface area (Å²) in [6.45, 7) is 5.73. The van der Waals surface area contributed by atoms with Gasteiger partial charge in [-0.2, -0.15) is 0 Å². The van der Waals surface area contributed by atoms with Crippen molar-refractivity contribution < 1.29 is 5.11 Å². The van der Waals surface area contributed by atoms with Crippen LogP contribution in [0.5, 0.6) is 0 Å². The maximum absolute atomic E-state index is 9.99. The maximum atomic E-state index is 9.99. The van der Waals surface area contributed by atoms with Gasteiger partial charge in [-0.1, -0.05) is 19.8 Å². The van der Waals surface area contributed by atoms with E-state index in [4.69, 9.17) is 0 Å². The van der Waals surface area contributed by atoms with Gasteiger partial charge >= 0.3 is 0 Å². The smallest absolute Gasteiger partial charge is 0.131 e. The highest BCUT2D eigenvalue weighted by Crippen LogP contribution is 2.24. The summed E-state index contributed by atoms with van der Waals surface area (Å²) in [6.07, 6.45) is 5.29. The molecule has 1 saturated carbocycles. The van der Waals surface area contributed by atoms with E-state index in [-0.39, 0.29) is 6.10 Å². The predicted octanol–water partition coefficient (Wildman–Crippen LogP) is 2.57. The number of aromatic nitrogens is 2. The Hall–Kier alpha value is -1.36. The molecule has 3 N–H and O–H groups in total. The largest absolute Gasteiger partial charge is 0.393 e. The Kier molecular flexibility index (Phi) is 5.59. The van der Waals surface area contributed by atoms with E-state index in [1.165, 1.54) is 6.42 Å². The van der Waals surface area contributed by atoms with Crippen LogP contribution in [0.15, 0.2) is 6.07 Å². The van der Waals surface area contributed by atoms with Crippen LogP contribution in [-0.2, 0) is 0 Å². The summed E-state index contributed by atoms with van der Waals surface area (Å²) >= 11 is 0. The molecule has 0 spiro atoms. The van der Waals surface area contributed by atoms with Gasteiger partial charge in [0.2, 0.25) is 0 Å². The van der Waals surface area contributed by atoms with E-state index < -0.39 is 0 Å². The molecule has 0 saturated heterocycles. The summed E-state index contributed by atoms with van der Waals surface area (Å²) in [5, 5.41) is 16.6. The third kappa shape index (κ3) is 4.34. The molecule has 20 heavy (non-hydrogen) atoms. The first-order valence-corrected chi connectivity index (χ1v) is 7.70. The first-order valence-electron chi connectivity index (χ1n) is 7.70. The molecular weight excluding hydrogens is 252 g/mol. The molecule has 1 aromatic heterocycles. The van der Waals surface area contributed by atoms with Crippen LogP contribution < -0.4 is 10.6 Å². The molecule has 0 amide bonds. The Morgan fingerprint density at radius 1 is 1.20 bits per heavy atom. The highest BCUT2D eigenvalue weighted by Gasteiger charge is 2.22. The second-order valence-corrected chi connectivity index (χ2v) is 5.61. The van der Waals surface area contributed by atoms with Gasteiger partial charge < -0.3 is 15.7 Å². The van der Waals surface area contributed by atoms with Crippen molar-refractivity contribution in [2.24, 2.45) is 5.92 Å². The van der Waals surface area contributed by atoms with Gasteiger partial charge in [0.1, 0.15) is 17.5 Å². The molecule has 0 aliphatic heterocycles. The summed E-state index contributed by atoms with van der Waals surface area (Å²) in [5.74, 6) is 2.81. The molecule has 2 rings (SSSR count). The van der Waals surface area contributed by atoms with Crippen molar-refractivity contribution in [1.82, 2.24) is 9.97 Å². The van der Waals surface area contributed by atoms with Crippen LogP contribution in [0.25, 0.3) is 0 Å². The molecule has 1 aromatic rings. The highest BCUT2D eigenvalue weighted by atomic mass is 16.3. The zero-order chi connectivity index (χ0) is 14.4.